The lowest BCUT2D eigenvalue weighted by Gasteiger charge is -2.10. The molecule has 0 aliphatic rings. The van der Waals surface area contributed by atoms with Gasteiger partial charge >= 0.3 is 6.09 Å². The number of nitrogens with one attached hydrogen (secondary N) is 2. The van der Waals surface area contributed by atoms with Crippen LogP contribution in [0.25, 0.3) is 0 Å². The van der Waals surface area contributed by atoms with Crippen molar-refractivity contribution < 1.29 is 9.53 Å². The summed E-state index contributed by atoms with van der Waals surface area (Å²) in [5, 5.41) is 9.35. The average molecular weight is 284 g/mol. The molecule has 0 aromatic carbocycles. The molecule has 7 nitrogen and oxygen atoms in total. The minimum atomic E-state index is -0.606. The van der Waals surface area contributed by atoms with Crippen LogP contribution in [0.15, 0.2) is 16.9 Å². The molecule has 0 saturated heterocycles. The van der Waals surface area contributed by atoms with Crippen molar-refractivity contribution in [2.24, 2.45) is 0 Å². The van der Waals surface area contributed by atoms with Gasteiger partial charge in [0.05, 0.1) is 18.8 Å². The quantitative estimate of drug-likeness (QED) is 0.767. The summed E-state index contributed by atoms with van der Waals surface area (Å²) >= 11 is 4.89. The Balaban J connectivity index is 2.38. The van der Waals surface area contributed by atoms with E-state index in [0.29, 0.717) is 13.1 Å². The Kier molecular flexibility index (Phi) is 5.94. The number of carbonyl (C=O) groups excluding carboxylic acids is 1. The molecule has 0 atom stereocenters. The number of amides is 1. The van der Waals surface area contributed by atoms with Gasteiger partial charge in [0, 0.05) is 12.6 Å². The van der Waals surface area contributed by atoms with E-state index in [2.05, 4.69) is 20.5 Å². The maximum atomic E-state index is 11.5. The van der Waals surface area contributed by atoms with Gasteiger partial charge in [-0.3, -0.25) is 10.1 Å². The molecule has 1 aromatic heterocycles. The molecule has 0 bridgehead atoms. The van der Waals surface area contributed by atoms with Gasteiger partial charge in [0.25, 0.3) is 5.56 Å². The van der Waals surface area contributed by atoms with Crippen LogP contribution in [0.1, 0.15) is 12.6 Å². The average Bonchev–Trinajstić information content (AvgIpc) is 2.33. The molecule has 19 heavy (non-hydrogen) atoms. The van der Waals surface area contributed by atoms with E-state index < -0.39 is 6.09 Å². The fourth-order valence-corrected chi connectivity index (χ4v) is 1.48. The third-order valence-electron chi connectivity index (χ3n) is 2.10. The minimum absolute atomic E-state index is 0.152. The second kappa shape index (κ2) is 7.47. The van der Waals surface area contributed by atoms with Crippen molar-refractivity contribution in [3.05, 3.63) is 28.2 Å². The number of hydrogen-bond donors (Lipinski definition) is 2. The Hall–Kier alpha value is -1.96. The van der Waals surface area contributed by atoms with Crippen LogP contribution in [-0.2, 0) is 11.3 Å². The molecule has 8 heteroatoms. The van der Waals surface area contributed by atoms with E-state index in [9.17, 15) is 9.59 Å². The number of ether oxygens (including phenoxy) is 1. The summed E-state index contributed by atoms with van der Waals surface area (Å²) in [6.45, 7) is 4.51. The smallest absolute Gasteiger partial charge is 0.413 e. The minimum Gasteiger partial charge on any atom is -0.450 e. The van der Waals surface area contributed by atoms with Crippen molar-refractivity contribution in [1.29, 1.82) is 0 Å². The lowest BCUT2D eigenvalue weighted by atomic mass is 10.4. The van der Waals surface area contributed by atoms with Crippen molar-refractivity contribution in [2.75, 3.05) is 13.2 Å². The topological polar surface area (TPSA) is 85.2 Å². The molecule has 2 N–H and O–H groups in total. The van der Waals surface area contributed by atoms with E-state index in [1.165, 1.54) is 10.7 Å². The second-order valence-corrected chi connectivity index (χ2v) is 4.05. The summed E-state index contributed by atoms with van der Waals surface area (Å²) in [5.74, 6) is 0. The highest BCUT2D eigenvalue weighted by molar-refractivity contribution is 7.80. The van der Waals surface area contributed by atoms with Gasteiger partial charge in [-0.15, -0.1) is 0 Å². The van der Waals surface area contributed by atoms with Crippen molar-refractivity contribution in [3.63, 3.8) is 0 Å². The monoisotopic (exact) mass is 284 g/mol. The van der Waals surface area contributed by atoms with Gasteiger partial charge in [-0.2, -0.15) is 5.10 Å². The maximum Gasteiger partial charge on any atom is 0.413 e. The SMILES string of the molecule is CCOC(=O)NC(=S)NCCn1nc(C)ccc1=O. The van der Waals surface area contributed by atoms with Crippen molar-refractivity contribution in [3.8, 4) is 0 Å². The van der Waals surface area contributed by atoms with E-state index in [1.54, 1.807) is 19.9 Å². The Morgan fingerprint density at radius 1 is 1.53 bits per heavy atom. The Morgan fingerprint density at radius 3 is 2.95 bits per heavy atom. The largest absolute Gasteiger partial charge is 0.450 e. The van der Waals surface area contributed by atoms with E-state index in [4.69, 9.17) is 12.2 Å². The lowest BCUT2D eigenvalue weighted by molar-refractivity contribution is 0.157. The number of hydrogen-bond acceptors (Lipinski definition) is 5. The van der Waals surface area contributed by atoms with Crippen molar-refractivity contribution in [2.45, 2.75) is 20.4 Å². The summed E-state index contributed by atoms with van der Waals surface area (Å²) in [6, 6.07) is 3.11. The van der Waals surface area contributed by atoms with E-state index >= 15 is 0 Å². The standard InChI is InChI=1S/C11H16N4O3S/c1-3-18-11(17)13-10(19)12-6-7-15-9(16)5-4-8(2)14-15/h4-5H,3,6-7H2,1-2H3,(H2,12,13,17,19). The van der Waals surface area contributed by atoms with Gasteiger partial charge in [-0.05, 0) is 32.1 Å². The van der Waals surface area contributed by atoms with E-state index in [1.807, 2.05) is 0 Å². The number of nitrogens with zero attached hydrogens (tertiary/aromatic N) is 2. The van der Waals surface area contributed by atoms with Gasteiger partial charge in [0.15, 0.2) is 5.11 Å². The van der Waals surface area contributed by atoms with Gasteiger partial charge in [-0.25, -0.2) is 9.48 Å². The predicted molar refractivity (Wildman–Crippen MR) is 74.0 cm³/mol. The van der Waals surface area contributed by atoms with Crippen LogP contribution in [-0.4, -0.2) is 34.1 Å². The fraction of sp³-hybridized carbons (Fsp3) is 0.455. The highest BCUT2D eigenvalue weighted by atomic mass is 32.1. The fourth-order valence-electron chi connectivity index (χ4n) is 1.29. The predicted octanol–water partition coefficient (Wildman–Crippen LogP) is 0.172. The summed E-state index contributed by atoms with van der Waals surface area (Å²) in [4.78, 5) is 22.5. The first-order valence-electron chi connectivity index (χ1n) is 5.79. The zero-order valence-electron chi connectivity index (χ0n) is 10.8. The van der Waals surface area contributed by atoms with Crippen LogP contribution in [0, 0.1) is 6.92 Å². The molecule has 0 radical (unpaired) electrons. The molecule has 0 fully saturated rings. The summed E-state index contributed by atoms with van der Waals surface area (Å²) in [7, 11) is 0. The number of carbonyl (C=O) groups is 1. The molecule has 0 unspecified atom stereocenters. The Bertz CT molecular complexity index is 515. The first kappa shape index (κ1) is 15.1. The second-order valence-electron chi connectivity index (χ2n) is 3.64. The Labute approximate surface area is 115 Å². The maximum absolute atomic E-state index is 11.5. The summed E-state index contributed by atoms with van der Waals surface area (Å²) in [6.07, 6.45) is -0.606. The highest BCUT2D eigenvalue weighted by Crippen LogP contribution is 1.85. The lowest BCUT2D eigenvalue weighted by Crippen LogP contribution is -2.41. The third kappa shape index (κ3) is 5.47. The van der Waals surface area contributed by atoms with Crippen LogP contribution in [0.2, 0.25) is 0 Å². The molecule has 0 aliphatic heterocycles. The van der Waals surface area contributed by atoms with Crippen LogP contribution >= 0.6 is 12.2 Å². The Morgan fingerprint density at radius 2 is 2.26 bits per heavy atom. The van der Waals surface area contributed by atoms with Crippen LogP contribution in [0.3, 0.4) is 0 Å². The van der Waals surface area contributed by atoms with Crippen LogP contribution in [0.4, 0.5) is 4.79 Å². The molecule has 1 amide bonds. The number of aromatic nitrogens is 2. The molecular formula is C11H16N4O3S. The first-order valence-corrected chi connectivity index (χ1v) is 6.20. The first-order chi connectivity index (χ1) is 9.02. The van der Waals surface area contributed by atoms with Gasteiger partial charge in [0.2, 0.25) is 0 Å². The number of rotatable bonds is 4. The van der Waals surface area contributed by atoms with E-state index in [-0.39, 0.29) is 17.3 Å². The van der Waals surface area contributed by atoms with Crippen molar-refractivity contribution in [1.82, 2.24) is 20.4 Å². The molecule has 1 aromatic rings. The summed E-state index contributed by atoms with van der Waals surface area (Å²) in [5.41, 5.74) is 0.573. The molecular weight excluding hydrogens is 268 g/mol. The molecule has 1 rings (SSSR count). The summed E-state index contributed by atoms with van der Waals surface area (Å²) < 4.78 is 6.00. The molecule has 0 aliphatic carbocycles. The number of thiocarbonyl (C=S) groups is 1. The van der Waals surface area contributed by atoms with Crippen molar-refractivity contribution >= 4 is 23.4 Å². The number of aryl methyl sites for hydroxylation is 1. The normalized spacial score (nSPS) is 9.79. The number of alkyl carbamates (subject to hydrolysis) is 1. The molecule has 0 spiro atoms. The molecule has 104 valence electrons. The zero-order chi connectivity index (χ0) is 14.3. The van der Waals surface area contributed by atoms with Crippen LogP contribution < -0.4 is 16.2 Å². The molecule has 0 saturated carbocycles. The van der Waals surface area contributed by atoms with Gasteiger partial charge in [-0.1, -0.05) is 0 Å². The van der Waals surface area contributed by atoms with Gasteiger partial charge < -0.3 is 10.1 Å². The van der Waals surface area contributed by atoms with Gasteiger partial charge in [0.1, 0.15) is 0 Å². The zero-order valence-corrected chi connectivity index (χ0v) is 11.6. The third-order valence-corrected chi connectivity index (χ3v) is 2.35. The van der Waals surface area contributed by atoms with E-state index in [0.717, 1.165) is 5.69 Å². The highest BCUT2D eigenvalue weighted by Gasteiger charge is 2.04. The molecule has 1 heterocycles. The van der Waals surface area contributed by atoms with Crippen LogP contribution in [0.5, 0.6) is 0 Å².